The van der Waals surface area contributed by atoms with Crippen LogP contribution in [-0.4, -0.2) is 19.7 Å². The van der Waals surface area contributed by atoms with Crippen LogP contribution in [0, 0.1) is 0 Å². The number of hydrogen-bond donors (Lipinski definition) is 0. The maximum Gasteiger partial charge on any atom is 0.262 e. The Kier molecular flexibility index (Phi) is 4.33. The molecule has 0 saturated carbocycles. The third kappa shape index (κ3) is 3.13. The number of amides is 1. The average Bonchev–Trinajstić information content (AvgIpc) is 2.49. The molecule has 0 radical (unpaired) electrons. The topological polar surface area (TPSA) is 40.1 Å². The fourth-order valence-corrected chi connectivity index (χ4v) is 2.01. The fraction of sp³-hybridized carbons (Fsp3) is 0.118. The van der Waals surface area contributed by atoms with Gasteiger partial charge in [0.15, 0.2) is 0 Å². The first-order valence-electron chi connectivity index (χ1n) is 6.47. The first-order valence-corrected chi connectivity index (χ1v) is 6.47. The molecular formula is C17H17NO2. The molecule has 0 aromatic heterocycles. The summed E-state index contributed by atoms with van der Waals surface area (Å²) in [4.78, 5) is 11.5. The van der Waals surface area contributed by atoms with Crippen molar-refractivity contribution in [1.29, 1.82) is 0 Å². The lowest BCUT2D eigenvalue weighted by Crippen LogP contribution is -2.57. The first kappa shape index (κ1) is 14.0. The van der Waals surface area contributed by atoms with Crippen LogP contribution in [0.1, 0.15) is 5.56 Å². The number of rotatable bonds is 4. The van der Waals surface area contributed by atoms with Crippen molar-refractivity contribution in [3.63, 3.8) is 0 Å². The van der Waals surface area contributed by atoms with Crippen molar-refractivity contribution in [3.8, 4) is 0 Å². The minimum atomic E-state index is -1.12. The second-order valence-corrected chi connectivity index (χ2v) is 4.79. The minimum Gasteiger partial charge on any atom is -0.498 e. The second-order valence-electron chi connectivity index (χ2n) is 4.79. The number of para-hydroxylation sites is 1. The highest BCUT2D eigenvalue weighted by molar-refractivity contribution is 5.79. The summed E-state index contributed by atoms with van der Waals surface area (Å²) in [5, 5.41) is 11.5. The quantitative estimate of drug-likeness (QED) is 0.799. The zero-order valence-electron chi connectivity index (χ0n) is 11.4. The molecule has 0 heterocycles. The van der Waals surface area contributed by atoms with Crippen LogP contribution in [0.2, 0.25) is 0 Å². The Balaban J connectivity index is 2.19. The van der Waals surface area contributed by atoms with E-state index < -0.39 is 6.09 Å². The molecule has 0 aliphatic carbocycles. The number of carboxylic acid groups (broad SMARTS) is 1. The van der Waals surface area contributed by atoms with Crippen LogP contribution in [0.4, 0.5) is 10.5 Å². The van der Waals surface area contributed by atoms with E-state index in [-0.39, 0.29) is 4.48 Å². The maximum atomic E-state index is 11.5. The highest BCUT2D eigenvalue weighted by Crippen LogP contribution is 2.20. The molecule has 20 heavy (non-hydrogen) atoms. The van der Waals surface area contributed by atoms with Gasteiger partial charge in [-0.3, -0.25) is 0 Å². The Labute approximate surface area is 119 Å². The number of hydrogen-bond acceptors (Lipinski definition) is 2. The Morgan fingerprint density at radius 2 is 1.60 bits per heavy atom. The van der Waals surface area contributed by atoms with Gasteiger partial charge < -0.3 is 9.90 Å². The zero-order valence-corrected chi connectivity index (χ0v) is 11.4. The van der Waals surface area contributed by atoms with Gasteiger partial charge in [0.1, 0.15) is 12.2 Å². The first-order chi connectivity index (χ1) is 9.63. The molecule has 0 bridgehead atoms. The van der Waals surface area contributed by atoms with Gasteiger partial charge in [0.25, 0.3) is 6.09 Å². The van der Waals surface area contributed by atoms with Crippen molar-refractivity contribution in [2.24, 2.45) is 0 Å². The van der Waals surface area contributed by atoms with Crippen LogP contribution in [0.3, 0.4) is 0 Å². The lowest BCUT2D eigenvalue weighted by molar-refractivity contribution is -0.262. The normalized spacial score (nSPS) is 14.1. The highest BCUT2D eigenvalue weighted by atomic mass is 16.4. The van der Waals surface area contributed by atoms with Crippen molar-refractivity contribution in [2.45, 2.75) is 0 Å². The van der Waals surface area contributed by atoms with E-state index in [1.54, 1.807) is 19.2 Å². The molecule has 0 saturated heterocycles. The molecule has 1 unspecified atom stereocenters. The SMILES string of the molecule is C[N+](CC=Cc1ccccc1)(C(=O)[O-])c1ccccc1. The molecule has 2 aromatic carbocycles. The molecule has 1 atom stereocenters. The number of quaternary nitrogens is 1. The van der Waals surface area contributed by atoms with Gasteiger partial charge in [-0.15, -0.1) is 0 Å². The van der Waals surface area contributed by atoms with Gasteiger partial charge in [0, 0.05) is 0 Å². The summed E-state index contributed by atoms with van der Waals surface area (Å²) < 4.78 is -0.274. The van der Waals surface area contributed by atoms with E-state index in [0.717, 1.165) is 5.56 Å². The molecule has 0 fully saturated rings. The predicted octanol–water partition coefficient (Wildman–Crippen LogP) is 2.68. The van der Waals surface area contributed by atoms with Crippen LogP contribution in [0.25, 0.3) is 6.08 Å². The number of benzene rings is 2. The molecule has 2 aromatic rings. The smallest absolute Gasteiger partial charge is 0.262 e. The van der Waals surface area contributed by atoms with Gasteiger partial charge >= 0.3 is 0 Å². The molecular weight excluding hydrogens is 250 g/mol. The third-order valence-electron chi connectivity index (χ3n) is 3.31. The Hall–Kier alpha value is -2.39. The molecule has 3 nitrogen and oxygen atoms in total. The number of carbonyl (C=O) groups excluding carboxylic acids is 1. The number of likely N-dealkylation sites (N-methyl/N-ethyl adjacent to an activating group) is 1. The van der Waals surface area contributed by atoms with Crippen molar-refractivity contribution >= 4 is 17.9 Å². The lowest BCUT2D eigenvalue weighted by Gasteiger charge is -2.32. The molecule has 102 valence electrons. The largest absolute Gasteiger partial charge is 0.498 e. The van der Waals surface area contributed by atoms with E-state index >= 15 is 0 Å². The van der Waals surface area contributed by atoms with Crippen LogP contribution >= 0.6 is 0 Å². The molecule has 0 N–H and O–H groups in total. The van der Waals surface area contributed by atoms with E-state index in [9.17, 15) is 9.90 Å². The van der Waals surface area contributed by atoms with Gasteiger partial charge in [0.05, 0.1) is 7.05 Å². The van der Waals surface area contributed by atoms with E-state index in [2.05, 4.69) is 0 Å². The molecule has 2 rings (SSSR count). The van der Waals surface area contributed by atoms with Crippen molar-refractivity contribution < 1.29 is 9.90 Å². The fourth-order valence-electron chi connectivity index (χ4n) is 2.01. The molecule has 0 aliphatic heterocycles. The summed E-state index contributed by atoms with van der Waals surface area (Å²) in [7, 11) is 1.64. The van der Waals surface area contributed by atoms with Crippen molar-refractivity contribution in [2.75, 3.05) is 13.6 Å². The van der Waals surface area contributed by atoms with Gasteiger partial charge in [-0.2, -0.15) is 0 Å². The Bertz CT molecular complexity index is 593. The minimum absolute atomic E-state index is 0.274. The third-order valence-corrected chi connectivity index (χ3v) is 3.31. The van der Waals surface area contributed by atoms with E-state index in [1.807, 2.05) is 60.7 Å². The van der Waals surface area contributed by atoms with Gasteiger partial charge in [-0.1, -0.05) is 54.6 Å². The Morgan fingerprint density at radius 1 is 1.05 bits per heavy atom. The van der Waals surface area contributed by atoms with E-state index in [1.165, 1.54) is 0 Å². The van der Waals surface area contributed by atoms with E-state index in [0.29, 0.717) is 12.2 Å². The molecule has 3 heteroatoms. The summed E-state index contributed by atoms with van der Waals surface area (Å²) in [6, 6.07) is 18.9. The summed E-state index contributed by atoms with van der Waals surface area (Å²) in [5.41, 5.74) is 1.75. The molecule has 0 spiro atoms. The lowest BCUT2D eigenvalue weighted by atomic mass is 10.2. The maximum absolute atomic E-state index is 11.5. The van der Waals surface area contributed by atoms with E-state index in [4.69, 9.17) is 0 Å². The van der Waals surface area contributed by atoms with Gasteiger partial charge in [0.2, 0.25) is 0 Å². The van der Waals surface area contributed by atoms with Crippen molar-refractivity contribution in [1.82, 2.24) is 4.48 Å². The van der Waals surface area contributed by atoms with Gasteiger partial charge in [-0.25, -0.2) is 4.48 Å². The summed E-state index contributed by atoms with van der Waals surface area (Å²) in [6.45, 7) is 0.335. The number of carbonyl (C=O) groups is 1. The summed E-state index contributed by atoms with van der Waals surface area (Å²) in [6.07, 6.45) is 2.66. The van der Waals surface area contributed by atoms with Gasteiger partial charge in [-0.05, 0) is 23.8 Å². The number of nitrogens with zero attached hydrogens (tertiary/aromatic N) is 1. The summed E-state index contributed by atoms with van der Waals surface area (Å²) in [5.74, 6) is 0. The predicted molar refractivity (Wildman–Crippen MR) is 79.9 cm³/mol. The van der Waals surface area contributed by atoms with Crippen LogP contribution in [0.5, 0.6) is 0 Å². The van der Waals surface area contributed by atoms with Crippen molar-refractivity contribution in [3.05, 3.63) is 72.3 Å². The summed E-state index contributed by atoms with van der Waals surface area (Å²) >= 11 is 0. The highest BCUT2D eigenvalue weighted by Gasteiger charge is 2.25. The zero-order chi connectivity index (χ0) is 14.4. The monoisotopic (exact) mass is 267 g/mol. The molecule has 0 aliphatic rings. The Morgan fingerprint density at radius 3 is 2.15 bits per heavy atom. The van der Waals surface area contributed by atoms with Crippen LogP contribution < -0.4 is 9.59 Å². The molecule has 1 amide bonds. The van der Waals surface area contributed by atoms with Crippen LogP contribution in [0.15, 0.2) is 66.7 Å². The standard InChI is InChI=1S/C17H17NO2/c1-18(17(19)20,16-12-6-3-7-13-16)14-8-11-15-9-4-2-5-10-15/h2-13H,14H2,1H3. The second kappa shape index (κ2) is 6.17. The average molecular weight is 267 g/mol. The van der Waals surface area contributed by atoms with Crippen LogP contribution in [-0.2, 0) is 0 Å².